The number of aromatic nitrogens is 2. The summed E-state index contributed by atoms with van der Waals surface area (Å²) < 4.78 is 5.18. The highest BCUT2D eigenvalue weighted by atomic mass is 16.5. The van der Waals surface area contributed by atoms with E-state index < -0.39 is 0 Å². The third-order valence-electron chi connectivity index (χ3n) is 3.40. The second-order valence-electron chi connectivity index (χ2n) is 4.84. The van der Waals surface area contributed by atoms with Crippen LogP contribution in [0.2, 0.25) is 0 Å². The molecule has 0 bridgehead atoms. The maximum atomic E-state index is 5.18. The van der Waals surface area contributed by atoms with Crippen LogP contribution >= 0.6 is 0 Å². The van der Waals surface area contributed by atoms with Crippen molar-refractivity contribution < 1.29 is 4.74 Å². The molecule has 0 atom stereocenters. The van der Waals surface area contributed by atoms with Crippen molar-refractivity contribution in [1.29, 1.82) is 0 Å². The Morgan fingerprint density at radius 1 is 1.16 bits per heavy atom. The maximum absolute atomic E-state index is 5.18. The van der Waals surface area contributed by atoms with Gasteiger partial charge in [-0.15, -0.1) is 0 Å². The smallest absolute Gasteiger partial charge is 0.134 e. The van der Waals surface area contributed by atoms with Crippen LogP contribution in [-0.2, 0) is 0 Å². The summed E-state index contributed by atoms with van der Waals surface area (Å²) in [5, 5.41) is 3.26. The molecule has 0 radical (unpaired) electrons. The summed E-state index contributed by atoms with van der Waals surface area (Å²) in [6.45, 7) is 3.97. The summed E-state index contributed by atoms with van der Waals surface area (Å²) >= 11 is 0. The quantitative estimate of drug-likeness (QED) is 0.913. The van der Waals surface area contributed by atoms with Gasteiger partial charge in [0.25, 0.3) is 0 Å². The molecule has 98 valence electrons. The summed E-state index contributed by atoms with van der Waals surface area (Å²) in [4.78, 5) is 9.23. The second kappa shape index (κ2) is 4.97. The zero-order valence-electron chi connectivity index (χ0n) is 11.2. The summed E-state index contributed by atoms with van der Waals surface area (Å²) in [5.41, 5.74) is 3.10. The Bertz CT molecular complexity index is 576. The van der Waals surface area contributed by atoms with E-state index in [1.165, 1.54) is 0 Å². The summed E-state index contributed by atoms with van der Waals surface area (Å²) in [5.74, 6) is 2.26. The van der Waals surface area contributed by atoms with Gasteiger partial charge in [0.05, 0.1) is 12.8 Å². The minimum absolute atomic E-state index is 0.455. The Kier molecular flexibility index (Phi) is 3.17. The third kappa shape index (κ3) is 2.44. The highest BCUT2D eigenvalue weighted by molar-refractivity contribution is 5.60. The van der Waals surface area contributed by atoms with Gasteiger partial charge in [-0.05, 0) is 37.3 Å². The first-order chi connectivity index (χ1) is 9.26. The molecule has 1 aliphatic heterocycles. The summed E-state index contributed by atoms with van der Waals surface area (Å²) in [6.07, 6.45) is 0. The van der Waals surface area contributed by atoms with Crippen LogP contribution < -0.4 is 10.1 Å². The fourth-order valence-corrected chi connectivity index (χ4v) is 2.15. The topological polar surface area (TPSA) is 47.0 Å². The number of ether oxygens (including phenoxy) is 1. The molecule has 19 heavy (non-hydrogen) atoms. The monoisotopic (exact) mass is 255 g/mol. The van der Waals surface area contributed by atoms with Crippen molar-refractivity contribution in [3.8, 4) is 17.0 Å². The summed E-state index contributed by atoms with van der Waals surface area (Å²) in [6, 6.07) is 10.00. The molecule has 0 saturated carbocycles. The molecule has 2 heterocycles. The van der Waals surface area contributed by atoms with Gasteiger partial charge in [0.1, 0.15) is 11.6 Å². The van der Waals surface area contributed by atoms with Crippen LogP contribution in [0.3, 0.4) is 0 Å². The molecule has 0 aliphatic carbocycles. The van der Waals surface area contributed by atoms with E-state index in [4.69, 9.17) is 4.74 Å². The lowest BCUT2D eigenvalue weighted by Gasteiger charge is -2.26. The second-order valence-corrected chi connectivity index (χ2v) is 4.84. The van der Waals surface area contributed by atoms with Crippen molar-refractivity contribution in [2.24, 2.45) is 0 Å². The first-order valence-corrected chi connectivity index (χ1v) is 6.47. The van der Waals surface area contributed by atoms with Crippen LogP contribution in [0.1, 0.15) is 17.4 Å². The molecule has 1 N–H and O–H groups in total. The number of benzene rings is 1. The van der Waals surface area contributed by atoms with Crippen molar-refractivity contribution in [3.63, 3.8) is 0 Å². The molecular formula is C15H17N3O. The van der Waals surface area contributed by atoms with Crippen molar-refractivity contribution in [3.05, 3.63) is 41.9 Å². The van der Waals surface area contributed by atoms with E-state index >= 15 is 0 Å². The standard InChI is InChI=1S/C15H17N3O/c1-10-7-14(11-3-5-13(19-2)6-4-11)18-15(17-10)12-8-16-9-12/h3-7,12,16H,8-9H2,1-2H3. The predicted molar refractivity (Wildman–Crippen MR) is 74.4 cm³/mol. The van der Waals surface area contributed by atoms with E-state index in [9.17, 15) is 0 Å². The van der Waals surface area contributed by atoms with Gasteiger partial charge in [0.15, 0.2) is 0 Å². The highest BCUT2D eigenvalue weighted by Crippen LogP contribution is 2.24. The zero-order valence-corrected chi connectivity index (χ0v) is 11.2. The zero-order chi connectivity index (χ0) is 13.2. The number of nitrogens with one attached hydrogen (secondary N) is 1. The molecule has 2 aromatic rings. The molecule has 1 aliphatic rings. The molecule has 4 heteroatoms. The van der Waals surface area contributed by atoms with E-state index in [0.29, 0.717) is 5.92 Å². The van der Waals surface area contributed by atoms with Crippen molar-refractivity contribution in [2.75, 3.05) is 20.2 Å². The van der Waals surface area contributed by atoms with Gasteiger partial charge in [-0.3, -0.25) is 0 Å². The average Bonchev–Trinajstić information content (AvgIpc) is 2.36. The lowest BCUT2D eigenvalue weighted by atomic mass is 10.0. The van der Waals surface area contributed by atoms with E-state index in [1.807, 2.05) is 37.3 Å². The number of nitrogens with zero attached hydrogens (tertiary/aromatic N) is 2. The summed E-state index contributed by atoms with van der Waals surface area (Å²) in [7, 11) is 1.67. The van der Waals surface area contributed by atoms with Crippen LogP contribution in [0.25, 0.3) is 11.3 Å². The highest BCUT2D eigenvalue weighted by Gasteiger charge is 2.22. The van der Waals surface area contributed by atoms with Crippen molar-refractivity contribution in [2.45, 2.75) is 12.8 Å². The fraction of sp³-hybridized carbons (Fsp3) is 0.333. The molecule has 1 fully saturated rings. The maximum Gasteiger partial charge on any atom is 0.134 e. The lowest BCUT2D eigenvalue weighted by molar-refractivity contribution is 0.415. The number of hydrogen-bond donors (Lipinski definition) is 1. The Morgan fingerprint density at radius 2 is 1.89 bits per heavy atom. The predicted octanol–water partition coefficient (Wildman–Crippen LogP) is 2.15. The molecule has 0 amide bonds. The largest absolute Gasteiger partial charge is 0.497 e. The van der Waals surface area contributed by atoms with Gasteiger partial charge in [-0.1, -0.05) is 0 Å². The van der Waals surface area contributed by atoms with Crippen LogP contribution in [-0.4, -0.2) is 30.2 Å². The lowest BCUT2D eigenvalue weighted by Crippen LogP contribution is -2.41. The normalized spacial score (nSPS) is 15.1. The van der Waals surface area contributed by atoms with Crippen molar-refractivity contribution in [1.82, 2.24) is 15.3 Å². The van der Waals surface area contributed by atoms with Gasteiger partial charge >= 0.3 is 0 Å². The van der Waals surface area contributed by atoms with Crippen LogP contribution in [0.15, 0.2) is 30.3 Å². The molecule has 3 rings (SSSR count). The SMILES string of the molecule is COc1ccc(-c2cc(C)nc(C3CNC3)n2)cc1. The molecular weight excluding hydrogens is 238 g/mol. The number of hydrogen-bond acceptors (Lipinski definition) is 4. The van der Waals surface area contributed by atoms with E-state index in [0.717, 1.165) is 41.6 Å². The van der Waals surface area contributed by atoms with Crippen molar-refractivity contribution >= 4 is 0 Å². The minimum atomic E-state index is 0.455. The van der Waals surface area contributed by atoms with Gasteiger partial charge in [-0.2, -0.15) is 0 Å². The Morgan fingerprint density at radius 3 is 2.47 bits per heavy atom. The van der Waals surface area contributed by atoms with Gasteiger partial charge < -0.3 is 10.1 Å². The van der Waals surface area contributed by atoms with E-state index in [1.54, 1.807) is 7.11 Å². The Balaban J connectivity index is 1.96. The molecule has 1 aromatic carbocycles. The van der Waals surface area contributed by atoms with Gasteiger partial charge in [0.2, 0.25) is 0 Å². The number of aryl methyl sites for hydroxylation is 1. The molecule has 0 spiro atoms. The Hall–Kier alpha value is -1.94. The van der Waals surface area contributed by atoms with Crippen LogP contribution in [0.5, 0.6) is 5.75 Å². The average molecular weight is 255 g/mol. The first-order valence-electron chi connectivity index (χ1n) is 6.47. The molecule has 1 aromatic heterocycles. The first kappa shape index (κ1) is 12.1. The third-order valence-corrected chi connectivity index (χ3v) is 3.40. The van der Waals surface area contributed by atoms with Crippen LogP contribution in [0, 0.1) is 6.92 Å². The molecule has 0 unspecified atom stereocenters. The number of methoxy groups -OCH3 is 1. The van der Waals surface area contributed by atoms with E-state index in [-0.39, 0.29) is 0 Å². The number of rotatable bonds is 3. The Labute approximate surface area is 112 Å². The fourth-order valence-electron chi connectivity index (χ4n) is 2.15. The van der Waals surface area contributed by atoms with Crippen LogP contribution in [0.4, 0.5) is 0 Å². The molecule has 1 saturated heterocycles. The minimum Gasteiger partial charge on any atom is -0.497 e. The molecule has 4 nitrogen and oxygen atoms in total. The van der Waals surface area contributed by atoms with Gasteiger partial charge in [-0.25, -0.2) is 9.97 Å². The van der Waals surface area contributed by atoms with E-state index in [2.05, 4.69) is 15.3 Å². The van der Waals surface area contributed by atoms with Gasteiger partial charge in [0, 0.05) is 30.3 Å².